The molecule has 0 aromatic heterocycles. The van der Waals surface area contributed by atoms with Gasteiger partial charge in [0.25, 0.3) is 0 Å². The van der Waals surface area contributed by atoms with E-state index in [0.29, 0.717) is 12.5 Å². The van der Waals surface area contributed by atoms with Crippen LogP contribution in [-0.2, 0) is 4.79 Å². The first-order valence-corrected chi connectivity index (χ1v) is 4.93. The predicted octanol–water partition coefficient (Wildman–Crippen LogP) is 1.15. The molecule has 5 heteroatoms. The quantitative estimate of drug-likeness (QED) is 0.740. The van der Waals surface area contributed by atoms with E-state index in [0.717, 1.165) is 0 Å². The summed E-state index contributed by atoms with van der Waals surface area (Å²) in [7, 11) is 1.65. The van der Waals surface area contributed by atoms with Crippen molar-refractivity contribution in [2.24, 2.45) is 5.92 Å². The van der Waals surface area contributed by atoms with Crippen molar-refractivity contribution < 1.29 is 14.7 Å². The van der Waals surface area contributed by atoms with E-state index in [9.17, 15) is 9.59 Å². The van der Waals surface area contributed by atoms with Gasteiger partial charge in [0.05, 0.1) is 0 Å². The molecule has 0 radical (unpaired) electrons. The molecule has 0 rings (SSSR count). The second-order valence-electron chi connectivity index (χ2n) is 4.63. The summed E-state index contributed by atoms with van der Waals surface area (Å²) >= 11 is 0. The summed E-state index contributed by atoms with van der Waals surface area (Å²) in [5.41, 5.74) is -1.23. The van der Waals surface area contributed by atoms with Crippen molar-refractivity contribution in [1.29, 1.82) is 0 Å². The predicted molar refractivity (Wildman–Crippen MR) is 57.7 cm³/mol. The highest BCUT2D eigenvalue weighted by atomic mass is 16.4. The topological polar surface area (TPSA) is 69.6 Å². The SMILES string of the molecule is CC(C)CN(C)C(=O)NC(C)(C)C(=O)O. The Morgan fingerprint density at radius 1 is 1.40 bits per heavy atom. The molecular formula is C10H20N2O3. The van der Waals surface area contributed by atoms with Crippen LogP contribution in [0.3, 0.4) is 0 Å². The first-order valence-electron chi connectivity index (χ1n) is 4.93. The number of hydrogen-bond acceptors (Lipinski definition) is 2. The van der Waals surface area contributed by atoms with E-state index < -0.39 is 11.5 Å². The molecule has 2 amide bonds. The van der Waals surface area contributed by atoms with Gasteiger partial charge in [0.15, 0.2) is 0 Å². The first kappa shape index (κ1) is 13.7. The summed E-state index contributed by atoms with van der Waals surface area (Å²) in [6.07, 6.45) is 0. The maximum Gasteiger partial charge on any atom is 0.328 e. The minimum Gasteiger partial charge on any atom is -0.480 e. The smallest absolute Gasteiger partial charge is 0.328 e. The molecule has 2 N–H and O–H groups in total. The van der Waals surface area contributed by atoms with Crippen LogP contribution in [0.1, 0.15) is 27.7 Å². The Balaban J connectivity index is 4.30. The first-order chi connectivity index (χ1) is 6.66. The lowest BCUT2D eigenvalue weighted by atomic mass is 10.1. The number of hydrogen-bond donors (Lipinski definition) is 2. The molecule has 15 heavy (non-hydrogen) atoms. The number of nitrogens with one attached hydrogen (secondary N) is 1. The molecule has 5 nitrogen and oxygen atoms in total. The molecule has 0 saturated heterocycles. The number of carbonyl (C=O) groups excluding carboxylic acids is 1. The molecule has 0 atom stereocenters. The maximum atomic E-state index is 11.6. The molecule has 0 heterocycles. The van der Waals surface area contributed by atoms with Crippen molar-refractivity contribution >= 4 is 12.0 Å². The Morgan fingerprint density at radius 3 is 2.20 bits per heavy atom. The third-order valence-corrected chi connectivity index (χ3v) is 1.94. The summed E-state index contributed by atoms with van der Waals surface area (Å²) in [4.78, 5) is 23.8. The summed E-state index contributed by atoms with van der Waals surface area (Å²) in [5, 5.41) is 11.3. The number of aliphatic carboxylic acids is 1. The van der Waals surface area contributed by atoms with Crippen LogP contribution >= 0.6 is 0 Å². The molecule has 0 fully saturated rings. The summed E-state index contributed by atoms with van der Waals surface area (Å²) in [5.74, 6) is -0.692. The van der Waals surface area contributed by atoms with Crippen molar-refractivity contribution in [2.45, 2.75) is 33.2 Å². The standard InChI is InChI=1S/C10H20N2O3/c1-7(2)6-12(5)9(15)11-10(3,4)8(13)14/h7H,6H2,1-5H3,(H,11,15)(H,13,14). The van der Waals surface area contributed by atoms with Crippen molar-refractivity contribution in [1.82, 2.24) is 10.2 Å². The Hall–Kier alpha value is -1.26. The van der Waals surface area contributed by atoms with Gasteiger partial charge >= 0.3 is 12.0 Å². The zero-order valence-electron chi connectivity index (χ0n) is 10.00. The van der Waals surface area contributed by atoms with Crippen molar-refractivity contribution in [3.8, 4) is 0 Å². The molecule has 0 aromatic rings. The number of carboxylic acid groups (broad SMARTS) is 1. The minimum atomic E-state index is -1.23. The van der Waals surface area contributed by atoms with Gasteiger partial charge in [0, 0.05) is 13.6 Å². The van der Waals surface area contributed by atoms with E-state index >= 15 is 0 Å². The third-order valence-electron chi connectivity index (χ3n) is 1.94. The number of amides is 2. The van der Waals surface area contributed by atoms with E-state index in [4.69, 9.17) is 5.11 Å². The van der Waals surface area contributed by atoms with Gasteiger partial charge in [0.1, 0.15) is 5.54 Å². The van der Waals surface area contributed by atoms with Gasteiger partial charge in [0.2, 0.25) is 0 Å². The molecule has 0 aromatic carbocycles. The summed E-state index contributed by atoms with van der Waals surface area (Å²) in [6, 6.07) is -0.365. The average molecular weight is 216 g/mol. The van der Waals surface area contributed by atoms with E-state index in [1.807, 2.05) is 13.8 Å². The van der Waals surface area contributed by atoms with Gasteiger partial charge in [-0.1, -0.05) is 13.8 Å². The molecule has 0 spiro atoms. The van der Waals surface area contributed by atoms with Gasteiger partial charge in [-0.15, -0.1) is 0 Å². The van der Waals surface area contributed by atoms with Crippen molar-refractivity contribution in [3.05, 3.63) is 0 Å². The van der Waals surface area contributed by atoms with Crippen LogP contribution in [0.5, 0.6) is 0 Å². The number of rotatable bonds is 4. The molecule has 0 aliphatic carbocycles. The highest BCUT2D eigenvalue weighted by molar-refractivity contribution is 5.85. The van der Waals surface area contributed by atoms with Crippen LogP contribution in [0.4, 0.5) is 4.79 Å². The zero-order valence-corrected chi connectivity index (χ0v) is 10.00. The minimum absolute atomic E-state index is 0.355. The Kier molecular flexibility index (Phi) is 4.58. The van der Waals surface area contributed by atoms with Gasteiger partial charge in [-0.2, -0.15) is 0 Å². The fourth-order valence-corrected chi connectivity index (χ4v) is 1.05. The maximum absolute atomic E-state index is 11.6. The van der Waals surface area contributed by atoms with Crippen LogP contribution in [0.2, 0.25) is 0 Å². The van der Waals surface area contributed by atoms with Gasteiger partial charge in [-0.05, 0) is 19.8 Å². The lowest BCUT2D eigenvalue weighted by Gasteiger charge is -2.26. The number of carboxylic acids is 1. The summed E-state index contributed by atoms with van der Waals surface area (Å²) < 4.78 is 0. The van der Waals surface area contributed by atoms with Crippen molar-refractivity contribution in [3.63, 3.8) is 0 Å². The summed E-state index contributed by atoms with van der Waals surface area (Å²) in [6.45, 7) is 7.49. The van der Waals surface area contributed by atoms with E-state index in [1.54, 1.807) is 7.05 Å². The molecule has 0 bridgehead atoms. The van der Waals surface area contributed by atoms with Crippen LogP contribution in [0.25, 0.3) is 0 Å². The molecule has 0 unspecified atom stereocenters. The number of nitrogens with zero attached hydrogens (tertiary/aromatic N) is 1. The molecular weight excluding hydrogens is 196 g/mol. The van der Waals surface area contributed by atoms with E-state index in [-0.39, 0.29) is 6.03 Å². The molecule has 0 saturated carbocycles. The van der Waals surface area contributed by atoms with Crippen LogP contribution in [0, 0.1) is 5.92 Å². The number of carbonyl (C=O) groups is 2. The number of urea groups is 1. The average Bonchev–Trinajstić information content (AvgIpc) is 2.01. The fraction of sp³-hybridized carbons (Fsp3) is 0.800. The highest BCUT2D eigenvalue weighted by Crippen LogP contribution is 2.04. The van der Waals surface area contributed by atoms with E-state index in [2.05, 4.69) is 5.32 Å². The Labute approximate surface area is 90.5 Å². The molecule has 0 aliphatic rings. The van der Waals surface area contributed by atoms with Crippen LogP contribution in [-0.4, -0.2) is 41.1 Å². The fourth-order valence-electron chi connectivity index (χ4n) is 1.05. The van der Waals surface area contributed by atoms with Crippen molar-refractivity contribution in [2.75, 3.05) is 13.6 Å². The van der Waals surface area contributed by atoms with Crippen LogP contribution in [0.15, 0.2) is 0 Å². The van der Waals surface area contributed by atoms with Gasteiger partial charge in [-0.25, -0.2) is 9.59 Å². The van der Waals surface area contributed by atoms with Crippen LogP contribution < -0.4 is 5.32 Å². The van der Waals surface area contributed by atoms with Gasteiger partial charge < -0.3 is 15.3 Å². The third kappa shape index (κ3) is 4.67. The van der Waals surface area contributed by atoms with Gasteiger partial charge in [-0.3, -0.25) is 0 Å². The monoisotopic (exact) mass is 216 g/mol. The Bertz CT molecular complexity index is 249. The lowest BCUT2D eigenvalue weighted by molar-refractivity contribution is -0.143. The Morgan fingerprint density at radius 2 is 1.87 bits per heavy atom. The lowest BCUT2D eigenvalue weighted by Crippen LogP contribution is -2.53. The normalized spacial score (nSPS) is 11.3. The highest BCUT2D eigenvalue weighted by Gasteiger charge is 2.30. The second-order valence-corrected chi connectivity index (χ2v) is 4.63. The van der Waals surface area contributed by atoms with E-state index in [1.165, 1.54) is 18.7 Å². The second kappa shape index (κ2) is 5.00. The molecule has 0 aliphatic heterocycles. The zero-order chi connectivity index (χ0) is 12.2. The largest absolute Gasteiger partial charge is 0.480 e. The molecule has 88 valence electrons.